The summed E-state index contributed by atoms with van der Waals surface area (Å²) in [6, 6.07) is 5.83. The van der Waals surface area contributed by atoms with E-state index in [1.54, 1.807) is 29.1 Å². The summed E-state index contributed by atoms with van der Waals surface area (Å²) < 4.78 is 14.5. The second-order valence-electron chi connectivity index (χ2n) is 3.73. The van der Waals surface area contributed by atoms with Crippen molar-refractivity contribution in [2.75, 3.05) is 0 Å². The molecule has 18 heavy (non-hydrogen) atoms. The van der Waals surface area contributed by atoms with Crippen LogP contribution in [0.1, 0.15) is 5.69 Å². The Labute approximate surface area is 107 Å². The Hall–Kier alpha value is -1.95. The van der Waals surface area contributed by atoms with Gasteiger partial charge >= 0.3 is 5.97 Å². The molecule has 0 saturated carbocycles. The van der Waals surface area contributed by atoms with E-state index in [9.17, 15) is 9.18 Å². The third-order valence-electron chi connectivity index (χ3n) is 2.40. The summed E-state index contributed by atoms with van der Waals surface area (Å²) in [6.07, 6.45) is -0.0358. The van der Waals surface area contributed by atoms with Crippen LogP contribution >= 0.6 is 11.3 Å². The van der Waals surface area contributed by atoms with Crippen molar-refractivity contribution in [3.8, 4) is 0 Å². The Bertz CT molecular complexity index is 628. The molecule has 2 aromatic rings. The highest BCUT2D eigenvalue weighted by Crippen LogP contribution is 2.12. The number of carboxylic acid groups (broad SMARTS) is 1. The standard InChI is InChI=1S/C12H11FN2O2S/c1-15-10(6-11(16)17)7-18-12(15)14-9-4-2-8(13)3-5-9/h2-5,7H,6H2,1H3,(H,16,17). The van der Waals surface area contributed by atoms with Gasteiger partial charge in [0.2, 0.25) is 0 Å². The smallest absolute Gasteiger partial charge is 0.309 e. The van der Waals surface area contributed by atoms with Crippen molar-refractivity contribution in [2.45, 2.75) is 6.42 Å². The van der Waals surface area contributed by atoms with Gasteiger partial charge in [0.15, 0.2) is 4.80 Å². The predicted molar refractivity (Wildman–Crippen MR) is 66.3 cm³/mol. The first-order chi connectivity index (χ1) is 8.56. The van der Waals surface area contributed by atoms with Crippen LogP contribution in [0.2, 0.25) is 0 Å². The molecule has 1 aromatic heterocycles. The van der Waals surface area contributed by atoms with Gasteiger partial charge in [-0.1, -0.05) is 0 Å². The minimum atomic E-state index is -0.878. The topological polar surface area (TPSA) is 54.6 Å². The van der Waals surface area contributed by atoms with E-state index >= 15 is 0 Å². The summed E-state index contributed by atoms with van der Waals surface area (Å²) in [5.41, 5.74) is 1.32. The Balaban J connectivity index is 2.36. The molecule has 94 valence electrons. The first-order valence-corrected chi connectivity index (χ1v) is 6.09. The lowest BCUT2D eigenvalue weighted by Gasteiger charge is -1.98. The number of aromatic nitrogens is 1. The molecule has 0 unspecified atom stereocenters. The summed E-state index contributed by atoms with van der Waals surface area (Å²) in [4.78, 5) is 15.7. The number of carboxylic acids is 1. The van der Waals surface area contributed by atoms with Gasteiger partial charge < -0.3 is 9.67 Å². The Morgan fingerprint density at radius 3 is 2.72 bits per heavy atom. The van der Waals surface area contributed by atoms with E-state index < -0.39 is 5.97 Å². The number of thiazole rings is 1. The molecule has 0 atom stereocenters. The molecule has 1 N–H and O–H groups in total. The van der Waals surface area contributed by atoms with Gasteiger partial charge in [-0.15, -0.1) is 11.3 Å². The summed E-state index contributed by atoms with van der Waals surface area (Å²) >= 11 is 1.36. The normalized spacial score (nSPS) is 11.8. The molecule has 0 bridgehead atoms. The summed E-state index contributed by atoms with van der Waals surface area (Å²) in [6.45, 7) is 0. The van der Waals surface area contributed by atoms with Gasteiger partial charge in [0, 0.05) is 18.1 Å². The minimum absolute atomic E-state index is 0.0358. The van der Waals surface area contributed by atoms with Gasteiger partial charge in [0.05, 0.1) is 12.1 Å². The highest BCUT2D eigenvalue weighted by atomic mass is 32.1. The molecule has 0 aliphatic carbocycles. The zero-order chi connectivity index (χ0) is 13.1. The maximum Gasteiger partial charge on any atom is 0.309 e. The van der Waals surface area contributed by atoms with Crippen LogP contribution < -0.4 is 4.80 Å². The fraction of sp³-hybridized carbons (Fsp3) is 0.167. The van der Waals surface area contributed by atoms with Crippen molar-refractivity contribution >= 4 is 23.0 Å². The van der Waals surface area contributed by atoms with Crippen LogP contribution in [-0.4, -0.2) is 15.6 Å². The molecule has 0 spiro atoms. The van der Waals surface area contributed by atoms with Gasteiger partial charge in [-0.05, 0) is 24.3 Å². The predicted octanol–water partition coefficient (Wildman–Crippen LogP) is 2.09. The largest absolute Gasteiger partial charge is 0.481 e. The van der Waals surface area contributed by atoms with E-state index in [0.29, 0.717) is 16.2 Å². The third-order valence-corrected chi connectivity index (χ3v) is 3.37. The SMILES string of the molecule is Cn1c(CC(=O)O)csc1=Nc1ccc(F)cc1. The van der Waals surface area contributed by atoms with Gasteiger partial charge in [-0.2, -0.15) is 0 Å². The van der Waals surface area contributed by atoms with Crippen LogP contribution in [-0.2, 0) is 18.3 Å². The van der Waals surface area contributed by atoms with Crippen molar-refractivity contribution in [1.82, 2.24) is 4.57 Å². The number of rotatable bonds is 3. The van der Waals surface area contributed by atoms with Crippen LogP contribution in [0, 0.1) is 5.82 Å². The second-order valence-corrected chi connectivity index (χ2v) is 4.56. The summed E-state index contributed by atoms with van der Waals surface area (Å²) in [5, 5.41) is 10.5. The summed E-state index contributed by atoms with van der Waals surface area (Å²) in [5.74, 6) is -1.19. The van der Waals surface area contributed by atoms with Gasteiger partial charge in [0.1, 0.15) is 5.82 Å². The van der Waals surface area contributed by atoms with Crippen LogP contribution in [0.3, 0.4) is 0 Å². The zero-order valence-electron chi connectivity index (χ0n) is 9.63. The average molecular weight is 266 g/mol. The zero-order valence-corrected chi connectivity index (χ0v) is 10.4. The molecule has 0 radical (unpaired) electrons. The monoisotopic (exact) mass is 266 g/mol. The Morgan fingerprint density at radius 1 is 1.44 bits per heavy atom. The Morgan fingerprint density at radius 2 is 2.11 bits per heavy atom. The van der Waals surface area contributed by atoms with E-state index in [0.717, 1.165) is 0 Å². The van der Waals surface area contributed by atoms with E-state index in [-0.39, 0.29) is 12.2 Å². The van der Waals surface area contributed by atoms with Crippen molar-refractivity contribution in [3.63, 3.8) is 0 Å². The van der Waals surface area contributed by atoms with Crippen molar-refractivity contribution in [3.05, 3.63) is 46.0 Å². The fourth-order valence-electron chi connectivity index (χ4n) is 1.44. The fourth-order valence-corrected chi connectivity index (χ4v) is 2.36. The number of halogens is 1. The first kappa shape index (κ1) is 12.5. The molecule has 4 nitrogen and oxygen atoms in total. The van der Waals surface area contributed by atoms with Crippen LogP contribution in [0.4, 0.5) is 10.1 Å². The minimum Gasteiger partial charge on any atom is -0.481 e. The molecule has 0 fully saturated rings. The van der Waals surface area contributed by atoms with Gasteiger partial charge in [0.25, 0.3) is 0 Å². The van der Waals surface area contributed by atoms with Gasteiger partial charge in [-0.25, -0.2) is 9.38 Å². The molecular formula is C12H11FN2O2S. The molecule has 0 aliphatic heterocycles. The van der Waals surface area contributed by atoms with Crippen molar-refractivity contribution < 1.29 is 14.3 Å². The number of hydrogen-bond acceptors (Lipinski definition) is 3. The molecule has 0 aliphatic rings. The Kier molecular flexibility index (Phi) is 3.57. The molecular weight excluding hydrogens is 255 g/mol. The molecule has 1 heterocycles. The number of benzene rings is 1. The lowest BCUT2D eigenvalue weighted by Crippen LogP contribution is -2.15. The second kappa shape index (κ2) is 5.14. The molecule has 0 amide bonds. The maximum atomic E-state index is 12.7. The van der Waals surface area contributed by atoms with Crippen molar-refractivity contribution in [1.29, 1.82) is 0 Å². The van der Waals surface area contributed by atoms with E-state index in [4.69, 9.17) is 5.11 Å². The number of hydrogen-bond donors (Lipinski definition) is 1. The lowest BCUT2D eigenvalue weighted by atomic mass is 10.3. The van der Waals surface area contributed by atoms with Crippen LogP contribution in [0.15, 0.2) is 34.6 Å². The lowest BCUT2D eigenvalue weighted by molar-refractivity contribution is -0.136. The van der Waals surface area contributed by atoms with Crippen LogP contribution in [0.25, 0.3) is 0 Å². The molecule has 2 rings (SSSR count). The summed E-state index contributed by atoms with van der Waals surface area (Å²) in [7, 11) is 1.76. The van der Waals surface area contributed by atoms with E-state index in [2.05, 4.69) is 4.99 Å². The quantitative estimate of drug-likeness (QED) is 0.924. The average Bonchev–Trinajstić information content (AvgIpc) is 2.64. The third kappa shape index (κ3) is 2.84. The maximum absolute atomic E-state index is 12.7. The highest BCUT2D eigenvalue weighted by molar-refractivity contribution is 7.07. The molecule has 0 saturated heterocycles. The molecule has 1 aromatic carbocycles. The van der Waals surface area contributed by atoms with Crippen LogP contribution in [0.5, 0.6) is 0 Å². The number of aliphatic carboxylic acids is 1. The number of carbonyl (C=O) groups is 1. The van der Waals surface area contributed by atoms with Gasteiger partial charge in [-0.3, -0.25) is 4.79 Å². The van der Waals surface area contributed by atoms with E-state index in [1.807, 2.05) is 0 Å². The first-order valence-electron chi connectivity index (χ1n) is 5.22. The van der Waals surface area contributed by atoms with Crippen molar-refractivity contribution in [2.24, 2.45) is 12.0 Å². The highest BCUT2D eigenvalue weighted by Gasteiger charge is 2.06. The van der Waals surface area contributed by atoms with E-state index in [1.165, 1.54) is 23.5 Å². The molecule has 6 heteroatoms. The number of nitrogens with zero attached hydrogens (tertiary/aromatic N) is 2.